The Balaban J connectivity index is 1.74. The summed E-state index contributed by atoms with van der Waals surface area (Å²) in [7, 11) is 0. The van der Waals surface area contributed by atoms with Crippen molar-refractivity contribution in [3.63, 3.8) is 0 Å². The Labute approximate surface area is 154 Å². The van der Waals surface area contributed by atoms with Crippen LogP contribution in [0.5, 0.6) is 5.75 Å². The van der Waals surface area contributed by atoms with Crippen molar-refractivity contribution in [1.82, 2.24) is 5.32 Å². The quantitative estimate of drug-likeness (QED) is 0.899. The number of ether oxygens (including phenoxy) is 1. The third-order valence-electron chi connectivity index (χ3n) is 4.46. The molecule has 5 heteroatoms. The van der Waals surface area contributed by atoms with Crippen molar-refractivity contribution < 1.29 is 14.3 Å². The molecular weight excluding hydrogens is 328 g/mol. The lowest BCUT2D eigenvalue weighted by molar-refractivity contribution is -0.118. The van der Waals surface area contributed by atoms with Crippen LogP contribution in [0.2, 0.25) is 0 Å². The van der Waals surface area contributed by atoms with Crippen LogP contribution in [-0.2, 0) is 4.79 Å². The molecule has 0 aromatic heterocycles. The predicted octanol–water partition coefficient (Wildman–Crippen LogP) is 3.24. The van der Waals surface area contributed by atoms with Crippen molar-refractivity contribution in [3.8, 4) is 5.75 Å². The summed E-state index contributed by atoms with van der Waals surface area (Å²) in [4.78, 5) is 27.2. The van der Waals surface area contributed by atoms with Gasteiger partial charge in [0.05, 0.1) is 12.2 Å². The molecule has 1 aliphatic rings. The molecule has 2 aromatic rings. The number of carbonyl (C=O) groups excluding carboxylic acids is 2. The van der Waals surface area contributed by atoms with Gasteiger partial charge in [0, 0.05) is 12.2 Å². The summed E-state index contributed by atoms with van der Waals surface area (Å²) < 4.78 is 5.51. The van der Waals surface area contributed by atoms with Crippen LogP contribution in [0.3, 0.4) is 0 Å². The maximum absolute atomic E-state index is 12.8. The maximum atomic E-state index is 12.8. The Morgan fingerprint density at radius 2 is 1.88 bits per heavy atom. The van der Waals surface area contributed by atoms with E-state index in [1.54, 1.807) is 23.1 Å². The highest BCUT2D eigenvalue weighted by atomic mass is 16.5. The summed E-state index contributed by atoms with van der Waals surface area (Å²) in [5.41, 5.74) is 3.57. The molecule has 0 saturated carbocycles. The van der Waals surface area contributed by atoms with E-state index < -0.39 is 6.04 Å². The van der Waals surface area contributed by atoms with Gasteiger partial charge in [0.2, 0.25) is 5.91 Å². The van der Waals surface area contributed by atoms with Gasteiger partial charge in [-0.1, -0.05) is 18.2 Å². The van der Waals surface area contributed by atoms with E-state index in [0.717, 1.165) is 16.8 Å². The third-order valence-corrected chi connectivity index (χ3v) is 4.46. The van der Waals surface area contributed by atoms with Crippen LogP contribution in [0.1, 0.15) is 34.8 Å². The number of para-hydroxylation sites is 1. The molecule has 1 fully saturated rings. The van der Waals surface area contributed by atoms with E-state index >= 15 is 0 Å². The number of amides is 2. The topological polar surface area (TPSA) is 58.6 Å². The average molecular weight is 352 g/mol. The fourth-order valence-corrected chi connectivity index (χ4v) is 3.35. The first kappa shape index (κ1) is 18.0. The first-order valence-electron chi connectivity index (χ1n) is 8.92. The monoisotopic (exact) mass is 352 g/mol. The molecule has 1 aliphatic heterocycles. The normalized spacial score (nSPS) is 16.7. The number of hydrogen-bond acceptors (Lipinski definition) is 3. The van der Waals surface area contributed by atoms with Crippen molar-refractivity contribution >= 4 is 17.5 Å². The third kappa shape index (κ3) is 3.72. The maximum Gasteiger partial charge on any atom is 0.255 e. The molecule has 1 N–H and O–H groups in total. The lowest BCUT2D eigenvalue weighted by Gasteiger charge is -2.19. The van der Waals surface area contributed by atoms with Gasteiger partial charge in [-0.25, -0.2) is 0 Å². The SMILES string of the molecule is CCOc1ccccc1C(=O)NC1CCN(c2cc(C)cc(C)c2)C1=O. The van der Waals surface area contributed by atoms with Gasteiger partial charge in [0.1, 0.15) is 11.8 Å². The number of carbonyl (C=O) groups is 2. The van der Waals surface area contributed by atoms with Gasteiger partial charge >= 0.3 is 0 Å². The standard InChI is InChI=1S/C21H24N2O3/c1-4-26-19-8-6-5-7-17(19)20(24)22-18-9-10-23(21(18)25)16-12-14(2)11-15(3)13-16/h5-8,11-13,18H,4,9-10H2,1-3H3,(H,22,24). The molecule has 26 heavy (non-hydrogen) atoms. The van der Waals surface area contributed by atoms with E-state index in [1.807, 2.05) is 39.0 Å². The van der Waals surface area contributed by atoms with E-state index in [9.17, 15) is 9.59 Å². The molecule has 0 bridgehead atoms. The highest BCUT2D eigenvalue weighted by Gasteiger charge is 2.34. The van der Waals surface area contributed by atoms with Crippen LogP contribution in [0, 0.1) is 13.8 Å². The van der Waals surface area contributed by atoms with Crippen LogP contribution in [0.4, 0.5) is 5.69 Å². The molecule has 3 rings (SSSR count). The Hall–Kier alpha value is -2.82. The van der Waals surface area contributed by atoms with Crippen LogP contribution >= 0.6 is 0 Å². The summed E-state index contributed by atoms with van der Waals surface area (Å²) in [6.07, 6.45) is 0.592. The average Bonchev–Trinajstić information content (AvgIpc) is 2.95. The molecular formula is C21H24N2O3. The number of hydrogen-bond donors (Lipinski definition) is 1. The summed E-state index contributed by atoms with van der Waals surface area (Å²) in [6.45, 7) is 6.98. The second-order valence-electron chi connectivity index (χ2n) is 6.58. The van der Waals surface area contributed by atoms with Gasteiger partial charge in [0.15, 0.2) is 0 Å². The predicted molar refractivity (Wildman–Crippen MR) is 102 cm³/mol. The minimum Gasteiger partial charge on any atom is -0.493 e. The van der Waals surface area contributed by atoms with Crippen molar-refractivity contribution in [2.45, 2.75) is 33.2 Å². The number of benzene rings is 2. The molecule has 0 aliphatic carbocycles. The zero-order chi connectivity index (χ0) is 18.7. The van der Waals surface area contributed by atoms with Gasteiger partial charge in [-0.3, -0.25) is 9.59 Å². The van der Waals surface area contributed by atoms with Crippen LogP contribution < -0.4 is 15.0 Å². The van der Waals surface area contributed by atoms with Gasteiger partial charge in [-0.15, -0.1) is 0 Å². The van der Waals surface area contributed by atoms with E-state index in [0.29, 0.717) is 30.9 Å². The Morgan fingerprint density at radius 1 is 1.19 bits per heavy atom. The summed E-state index contributed by atoms with van der Waals surface area (Å²) in [5, 5.41) is 2.86. The molecule has 0 spiro atoms. The second-order valence-corrected chi connectivity index (χ2v) is 6.58. The van der Waals surface area contributed by atoms with Crippen molar-refractivity contribution in [1.29, 1.82) is 0 Å². The lowest BCUT2D eigenvalue weighted by atomic mass is 10.1. The number of aryl methyl sites for hydroxylation is 2. The number of rotatable bonds is 5. The van der Waals surface area contributed by atoms with Crippen molar-refractivity contribution in [2.24, 2.45) is 0 Å². The van der Waals surface area contributed by atoms with E-state index in [2.05, 4.69) is 11.4 Å². The zero-order valence-corrected chi connectivity index (χ0v) is 15.4. The second kappa shape index (κ2) is 7.60. The summed E-state index contributed by atoms with van der Waals surface area (Å²) >= 11 is 0. The molecule has 1 heterocycles. The van der Waals surface area contributed by atoms with Crippen molar-refractivity contribution in [2.75, 3.05) is 18.1 Å². The van der Waals surface area contributed by atoms with E-state index in [1.165, 1.54) is 0 Å². The van der Waals surface area contributed by atoms with Gasteiger partial charge in [0.25, 0.3) is 5.91 Å². The smallest absolute Gasteiger partial charge is 0.255 e. The first-order valence-corrected chi connectivity index (χ1v) is 8.92. The highest BCUT2D eigenvalue weighted by molar-refractivity contribution is 6.04. The van der Waals surface area contributed by atoms with E-state index in [4.69, 9.17) is 4.74 Å². The first-order chi connectivity index (χ1) is 12.5. The highest BCUT2D eigenvalue weighted by Crippen LogP contribution is 2.25. The van der Waals surface area contributed by atoms with Gasteiger partial charge in [-0.2, -0.15) is 0 Å². The fraction of sp³-hybridized carbons (Fsp3) is 0.333. The summed E-state index contributed by atoms with van der Waals surface area (Å²) in [6, 6.07) is 12.6. The van der Waals surface area contributed by atoms with Crippen LogP contribution in [0.25, 0.3) is 0 Å². The molecule has 1 saturated heterocycles. The Kier molecular flexibility index (Phi) is 5.26. The number of nitrogens with zero attached hydrogens (tertiary/aromatic N) is 1. The number of nitrogens with one attached hydrogen (secondary N) is 1. The molecule has 1 atom stereocenters. The van der Waals surface area contributed by atoms with Gasteiger partial charge in [-0.05, 0) is 62.6 Å². The minimum atomic E-state index is -0.516. The number of anilines is 1. The van der Waals surface area contributed by atoms with Gasteiger partial charge < -0.3 is 15.0 Å². The molecule has 2 aromatic carbocycles. The molecule has 5 nitrogen and oxygen atoms in total. The zero-order valence-electron chi connectivity index (χ0n) is 15.4. The lowest BCUT2D eigenvalue weighted by Crippen LogP contribution is -2.41. The van der Waals surface area contributed by atoms with E-state index in [-0.39, 0.29) is 11.8 Å². The fourth-order valence-electron chi connectivity index (χ4n) is 3.35. The molecule has 2 amide bonds. The summed E-state index contributed by atoms with van der Waals surface area (Å²) in [5.74, 6) is 0.177. The molecule has 136 valence electrons. The Morgan fingerprint density at radius 3 is 2.58 bits per heavy atom. The molecule has 0 radical (unpaired) electrons. The van der Waals surface area contributed by atoms with Crippen LogP contribution in [-0.4, -0.2) is 31.0 Å². The largest absolute Gasteiger partial charge is 0.493 e. The molecule has 1 unspecified atom stereocenters. The minimum absolute atomic E-state index is 0.0720. The van der Waals surface area contributed by atoms with Crippen molar-refractivity contribution in [3.05, 3.63) is 59.2 Å². The van der Waals surface area contributed by atoms with Crippen LogP contribution in [0.15, 0.2) is 42.5 Å². The Bertz CT molecular complexity index is 812.